The van der Waals surface area contributed by atoms with E-state index >= 15 is 0 Å². The van der Waals surface area contributed by atoms with Gasteiger partial charge in [-0.25, -0.2) is 0 Å². The number of carbonyl (C=O) groups is 1. The summed E-state index contributed by atoms with van der Waals surface area (Å²) in [6.07, 6.45) is 2.21. The lowest BCUT2D eigenvalue weighted by Gasteiger charge is -2.30. The molecule has 0 fully saturated rings. The highest BCUT2D eigenvalue weighted by atomic mass is 16.6. The second-order valence-electron chi connectivity index (χ2n) is 6.85. The molecule has 3 rings (SSSR count). The maximum atomic E-state index is 13.2. The summed E-state index contributed by atoms with van der Waals surface area (Å²) in [6.45, 7) is 7.14. The van der Waals surface area contributed by atoms with Crippen molar-refractivity contribution in [2.75, 3.05) is 19.8 Å². The molecular formula is C22H24N2O5. The molecule has 1 atom stereocenters. The van der Waals surface area contributed by atoms with Gasteiger partial charge in [0.1, 0.15) is 18.1 Å². The monoisotopic (exact) mass is 396 g/mol. The first-order chi connectivity index (χ1) is 14.0. The third-order valence-corrected chi connectivity index (χ3v) is 4.75. The Balaban J connectivity index is 1.75. The van der Waals surface area contributed by atoms with Crippen LogP contribution in [0.3, 0.4) is 0 Å². The molecule has 0 saturated heterocycles. The molecule has 7 nitrogen and oxygen atoms in total. The summed E-state index contributed by atoms with van der Waals surface area (Å²) in [7, 11) is 0. The molecule has 29 heavy (non-hydrogen) atoms. The Morgan fingerprint density at radius 3 is 2.93 bits per heavy atom. The van der Waals surface area contributed by atoms with Crippen molar-refractivity contribution in [2.45, 2.75) is 19.9 Å². The Bertz CT molecular complexity index is 912. The Morgan fingerprint density at radius 1 is 1.38 bits per heavy atom. The molecule has 0 radical (unpaired) electrons. The molecule has 0 N–H and O–H groups in total. The minimum atomic E-state index is -0.439. The van der Waals surface area contributed by atoms with Gasteiger partial charge in [-0.3, -0.25) is 14.9 Å². The third kappa shape index (κ3) is 4.93. The molecule has 2 aromatic rings. The van der Waals surface area contributed by atoms with Crippen LogP contribution in [0.25, 0.3) is 0 Å². The van der Waals surface area contributed by atoms with E-state index in [2.05, 4.69) is 6.58 Å². The van der Waals surface area contributed by atoms with Gasteiger partial charge in [0.05, 0.1) is 17.4 Å². The standard InChI is InChI=1S/C22H24N2O5/c1-3-10-23(14-16-6-5-7-19(11-16)24(26)27)22(25)18-12-17-13-20(28-4-2)8-9-21(17)29-15-18/h3,5-9,11,13,18H,1,4,10,12,14-15H2,2H3. The van der Waals surface area contributed by atoms with Gasteiger partial charge in [0, 0.05) is 25.2 Å². The predicted octanol–water partition coefficient (Wildman–Crippen LogP) is 3.76. The fourth-order valence-corrected chi connectivity index (χ4v) is 3.42. The number of benzene rings is 2. The van der Waals surface area contributed by atoms with Crippen LogP contribution < -0.4 is 9.47 Å². The van der Waals surface area contributed by atoms with Crippen molar-refractivity contribution in [1.82, 2.24) is 4.90 Å². The predicted molar refractivity (Wildman–Crippen MR) is 109 cm³/mol. The van der Waals surface area contributed by atoms with Crippen LogP contribution in [0.2, 0.25) is 0 Å². The van der Waals surface area contributed by atoms with Crippen LogP contribution in [0, 0.1) is 16.0 Å². The molecule has 152 valence electrons. The largest absolute Gasteiger partial charge is 0.494 e. The van der Waals surface area contributed by atoms with Crippen LogP contribution >= 0.6 is 0 Å². The number of hydrogen-bond acceptors (Lipinski definition) is 5. The summed E-state index contributed by atoms with van der Waals surface area (Å²) in [5, 5.41) is 11.0. The summed E-state index contributed by atoms with van der Waals surface area (Å²) < 4.78 is 11.3. The number of rotatable bonds is 8. The SMILES string of the molecule is C=CCN(Cc1cccc([N+](=O)[O-])c1)C(=O)C1COc2ccc(OCC)cc2C1. The van der Waals surface area contributed by atoms with Gasteiger partial charge in [-0.1, -0.05) is 18.2 Å². The van der Waals surface area contributed by atoms with Crippen molar-refractivity contribution in [3.05, 3.63) is 76.4 Å². The maximum Gasteiger partial charge on any atom is 0.269 e. The Hall–Kier alpha value is -3.35. The average Bonchev–Trinajstić information content (AvgIpc) is 2.73. The van der Waals surface area contributed by atoms with Crippen molar-refractivity contribution in [3.8, 4) is 11.5 Å². The number of amides is 1. The normalized spacial score (nSPS) is 15.0. The van der Waals surface area contributed by atoms with Crippen molar-refractivity contribution < 1.29 is 19.2 Å². The second-order valence-corrected chi connectivity index (χ2v) is 6.85. The molecule has 7 heteroatoms. The van der Waals surface area contributed by atoms with Gasteiger partial charge >= 0.3 is 0 Å². The number of non-ortho nitro benzene ring substituents is 1. The molecule has 1 heterocycles. The van der Waals surface area contributed by atoms with Crippen LogP contribution in [-0.4, -0.2) is 35.5 Å². The van der Waals surface area contributed by atoms with E-state index in [1.165, 1.54) is 12.1 Å². The summed E-state index contributed by atoms with van der Waals surface area (Å²) >= 11 is 0. The fraction of sp³-hybridized carbons (Fsp3) is 0.318. The smallest absolute Gasteiger partial charge is 0.269 e. The molecular weight excluding hydrogens is 372 g/mol. The van der Waals surface area contributed by atoms with E-state index in [0.29, 0.717) is 31.7 Å². The van der Waals surface area contributed by atoms with Crippen LogP contribution in [-0.2, 0) is 17.8 Å². The van der Waals surface area contributed by atoms with Crippen molar-refractivity contribution >= 4 is 11.6 Å². The number of hydrogen-bond donors (Lipinski definition) is 0. The number of nitrogens with zero attached hydrogens (tertiary/aromatic N) is 2. The van der Waals surface area contributed by atoms with E-state index in [4.69, 9.17) is 9.47 Å². The Labute approximate surface area is 169 Å². The van der Waals surface area contributed by atoms with Crippen LogP contribution in [0.1, 0.15) is 18.1 Å². The van der Waals surface area contributed by atoms with Crippen molar-refractivity contribution in [1.29, 1.82) is 0 Å². The zero-order chi connectivity index (χ0) is 20.8. The van der Waals surface area contributed by atoms with Crippen molar-refractivity contribution in [3.63, 3.8) is 0 Å². The van der Waals surface area contributed by atoms with Gasteiger partial charge in [0.25, 0.3) is 5.69 Å². The fourth-order valence-electron chi connectivity index (χ4n) is 3.42. The number of ether oxygens (including phenoxy) is 2. The molecule has 0 saturated carbocycles. The number of fused-ring (bicyclic) bond motifs is 1. The molecule has 0 spiro atoms. The highest BCUT2D eigenvalue weighted by Gasteiger charge is 2.29. The minimum Gasteiger partial charge on any atom is -0.494 e. The summed E-state index contributed by atoms with van der Waals surface area (Å²) in [4.78, 5) is 25.4. The van der Waals surface area contributed by atoms with E-state index < -0.39 is 4.92 Å². The lowest BCUT2D eigenvalue weighted by atomic mass is 9.95. The average molecular weight is 396 g/mol. The van der Waals surface area contributed by atoms with E-state index in [1.54, 1.807) is 23.1 Å². The van der Waals surface area contributed by atoms with Gasteiger partial charge in [-0.15, -0.1) is 6.58 Å². The molecule has 1 aliphatic heterocycles. The zero-order valence-corrected chi connectivity index (χ0v) is 16.4. The minimum absolute atomic E-state index is 0.00637. The van der Waals surface area contributed by atoms with Gasteiger partial charge in [-0.2, -0.15) is 0 Å². The molecule has 0 bridgehead atoms. The van der Waals surface area contributed by atoms with Gasteiger partial charge in [0.15, 0.2) is 0 Å². The Kier molecular flexibility index (Phi) is 6.49. The molecule has 0 aromatic heterocycles. The molecule has 1 unspecified atom stereocenters. The number of nitro benzene ring substituents is 1. The first kappa shape index (κ1) is 20.4. The lowest BCUT2D eigenvalue weighted by Crippen LogP contribution is -2.40. The van der Waals surface area contributed by atoms with Crippen LogP contribution in [0.5, 0.6) is 11.5 Å². The first-order valence-corrected chi connectivity index (χ1v) is 9.53. The van der Waals surface area contributed by atoms with E-state index in [1.807, 2.05) is 25.1 Å². The molecule has 1 amide bonds. The third-order valence-electron chi connectivity index (χ3n) is 4.75. The quantitative estimate of drug-likeness (QED) is 0.385. The summed E-state index contributed by atoms with van der Waals surface area (Å²) in [5.41, 5.74) is 1.64. The summed E-state index contributed by atoms with van der Waals surface area (Å²) in [6, 6.07) is 12.0. The van der Waals surface area contributed by atoms with Crippen LogP contribution in [0.15, 0.2) is 55.1 Å². The second kappa shape index (κ2) is 9.23. The van der Waals surface area contributed by atoms with Crippen LogP contribution in [0.4, 0.5) is 5.69 Å². The number of carbonyl (C=O) groups excluding carboxylic acids is 1. The number of nitro groups is 1. The topological polar surface area (TPSA) is 81.9 Å². The first-order valence-electron chi connectivity index (χ1n) is 9.53. The van der Waals surface area contributed by atoms with Gasteiger partial charge < -0.3 is 14.4 Å². The van der Waals surface area contributed by atoms with Gasteiger partial charge in [-0.05, 0) is 42.7 Å². The molecule has 1 aliphatic rings. The lowest BCUT2D eigenvalue weighted by molar-refractivity contribution is -0.384. The summed E-state index contributed by atoms with van der Waals surface area (Å²) in [5.74, 6) is 1.12. The highest BCUT2D eigenvalue weighted by molar-refractivity contribution is 5.80. The van der Waals surface area contributed by atoms with E-state index in [9.17, 15) is 14.9 Å². The van der Waals surface area contributed by atoms with E-state index in [-0.39, 0.29) is 24.1 Å². The molecule has 2 aromatic carbocycles. The van der Waals surface area contributed by atoms with E-state index in [0.717, 1.165) is 17.1 Å². The Morgan fingerprint density at radius 2 is 2.21 bits per heavy atom. The molecule has 0 aliphatic carbocycles. The van der Waals surface area contributed by atoms with Crippen molar-refractivity contribution in [2.24, 2.45) is 5.92 Å². The zero-order valence-electron chi connectivity index (χ0n) is 16.4. The highest BCUT2D eigenvalue weighted by Crippen LogP contribution is 2.31. The van der Waals surface area contributed by atoms with Gasteiger partial charge in [0.2, 0.25) is 5.91 Å². The maximum absolute atomic E-state index is 13.2.